The number of piperidine rings is 1. The molecule has 5 N–H and O–H groups in total. The number of halogens is 2. The zero-order chi connectivity index (χ0) is 39.1. The summed E-state index contributed by atoms with van der Waals surface area (Å²) in [5, 5.41) is 18.5. The number of imide groups is 1. The van der Waals surface area contributed by atoms with E-state index in [1.807, 2.05) is 6.07 Å². The number of ether oxygens (including phenoxy) is 3. The maximum atomic E-state index is 13.1. The number of anilines is 3. The van der Waals surface area contributed by atoms with Crippen molar-refractivity contribution in [1.82, 2.24) is 35.1 Å². The lowest BCUT2D eigenvalue weighted by atomic mass is 10.0. The Morgan fingerprint density at radius 1 is 1.02 bits per heavy atom. The lowest BCUT2D eigenvalue weighted by Gasteiger charge is -2.29. The number of nitrogens with zero attached hydrogens (tertiary/aromatic N) is 5. The van der Waals surface area contributed by atoms with E-state index in [0.29, 0.717) is 35.7 Å². The molecule has 0 radical (unpaired) electrons. The third-order valence-corrected chi connectivity index (χ3v) is 9.22. The first-order valence-corrected chi connectivity index (χ1v) is 18.1. The minimum Gasteiger partial charge on any atom is -0.474 e. The van der Waals surface area contributed by atoms with Crippen LogP contribution in [0.4, 0.5) is 21.9 Å². The van der Waals surface area contributed by atoms with Gasteiger partial charge in [-0.1, -0.05) is 29.3 Å². The van der Waals surface area contributed by atoms with Crippen LogP contribution in [0.2, 0.25) is 10.2 Å². The van der Waals surface area contributed by atoms with Crippen LogP contribution in [0.5, 0.6) is 5.88 Å². The molecule has 2 aliphatic rings. The Balaban J connectivity index is 0.907. The average molecular weight is 798 g/mol. The Morgan fingerprint density at radius 3 is 2.64 bits per heavy atom. The summed E-state index contributed by atoms with van der Waals surface area (Å²) in [4.78, 5) is 72.4. The molecule has 6 rings (SSSR count). The SMILES string of the molecule is COC(C)c1c(NC(=O)Nc2cc(Cl)cnc2OCCNC(=O)CCOCCNc2cccc3c2CN(C2CCC(=O)NC2=O)C3=O)cnc2cc(Cl)nn12. The molecule has 1 aromatic carbocycles. The van der Waals surface area contributed by atoms with Gasteiger partial charge in [-0.2, -0.15) is 5.10 Å². The van der Waals surface area contributed by atoms with E-state index < -0.39 is 24.1 Å². The van der Waals surface area contributed by atoms with Gasteiger partial charge in [-0.15, -0.1) is 0 Å². The molecule has 290 valence electrons. The number of amides is 6. The first-order chi connectivity index (χ1) is 26.5. The number of hydrogen-bond donors (Lipinski definition) is 5. The Kier molecular flexibility index (Phi) is 12.6. The number of nitrogens with one attached hydrogen (secondary N) is 5. The van der Waals surface area contributed by atoms with Gasteiger partial charge in [-0.05, 0) is 31.5 Å². The van der Waals surface area contributed by atoms with Crippen molar-refractivity contribution in [3.05, 3.63) is 69.7 Å². The molecule has 3 aromatic heterocycles. The van der Waals surface area contributed by atoms with Crippen molar-refractivity contribution in [1.29, 1.82) is 0 Å². The number of carbonyl (C=O) groups excluding carboxylic acids is 5. The quantitative estimate of drug-likeness (QED) is 0.0812. The van der Waals surface area contributed by atoms with Crippen LogP contribution in [-0.4, -0.2) is 100 Å². The number of methoxy groups -OCH3 is 1. The topological polar surface area (TPSA) is 220 Å². The summed E-state index contributed by atoms with van der Waals surface area (Å²) in [6.45, 7) is 3.12. The predicted octanol–water partition coefficient (Wildman–Crippen LogP) is 3.56. The number of aromatic nitrogens is 4. The zero-order valence-corrected chi connectivity index (χ0v) is 31.3. The second kappa shape index (κ2) is 17.7. The summed E-state index contributed by atoms with van der Waals surface area (Å²) in [5.41, 5.74) is 3.55. The molecule has 18 nitrogen and oxygen atoms in total. The highest BCUT2D eigenvalue weighted by Gasteiger charge is 2.39. The fraction of sp³-hybridized carbons (Fsp3) is 0.371. The van der Waals surface area contributed by atoms with Gasteiger partial charge in [0.1, 0.15) is 18.3 Å². The lowest BCUT2D eigenvalue weighted by molar-refractivity contribution is -0.137. The maximum absolute atomic E-state index is 13.1. The van der Waals surface area contributed by atoms with Crippen LogP contribution in [-0.2, 0) is 30.4 Å². The first kappa shape index (κ1) is 39.1. The van der Waals surface area contributed by atoms with Gasteiger partial charge in [-0.25, -0.2) is 19.3 Å². The molecule has 1 saturated heterocycles. The second-order valence-corrected chi connectivity index (χ2v) is 13.3. The number of fused-ring (bicyclic) bond motifs is 2. The molecule has 2 unspecified atom stereocenters. The molecule has 20 heteroatoms. The van der Waals surface area contributed by atoms with E-state index in [0.717, 1.165) is 11.3 Å². The Labute approximate surface area is 324 Å². The highest BCUT2D eigenvalue weighted by molar-refractivity contribution is 6.31. The fourth-order valence-electron chi connectivity index (χ4n) is 6.13. The van der Waals surface area contributed by atoms with Crippen molar-refractivity contribution in [2.45, 2.75) is 44.9 Å². The summed E-state index contributed by atoms with van der Waals surface area (Å²) < 4.78 is 18.3. The molecule has 2 aliphatic heterocycles. The number of rotatable bonds is 16. The van der Waals surface area contributed by atoms with E-state index in [1.54, 1.807) is 25.1 Å². The minimum absolute atomic E-state index is 0.0441. The van der Waals surface area contributed by atoms with Crippen molar-refractivity contribution in [3.8, 4) is 5.88 Å². The van der Waals surface area contributed by atoms with Gasteiger partial charge in [0.15, 0.2) is 10.8 Å². The van der Waals surface area contributed by atoms with Crippen LogP contribution >= 0.6 is 23.2 Å². The maximum Gasteiger partial charge on any atom is 0.323 e. The van der Waals surface area contributed by atoms with Crippen molar-refractivity contribution >= 4 is 75.6 Å². The molecule has 0 aliphatic carbocycles. The van der Waals surface area contributed by atoms with Crippen LogP contribution in [0, 0.1) is 0 Å². The van der Waals surface area contributed by atoms with Gasteiger partial charge in [0, 0.05) is 62.1 Å². The molecule has 55 heavy (non-hydrogen) atoms. The lowest BCUT2D eigenvalue weighted by Crippen LogP contribution is -2.52. The van der Waals surface area contributed by atoms with E-state index >= 15 is 0 Å². The largest absolute Gasteiger partial charge is 0.474 e. The fourth-order valence-corrected chi connectivity index (χ4v) is 6.46. The number of hydrogen-bond acceptors (Lipinski definition) is 12. The van der Waals surface area contributed by atoms with Crippen molar-refractivity contribution in [2.24, 2.45) is 0 Å². The Hall–Kier alpha value is -5.56. The summed E-state index contributed by atoms with van der Waals surface area (Å²) >= 11 is 12.2. The summed E-state index contributed by atoms with van der Waals surface area (Å²) in [5.74, 6) is -1.21. The summed E-state index contributed by atoms with van der Waals surface area (Å²) in [6.07, 6.45) is 2.95. The smallest absolute Gasteiger partial charge is 0.323 e. The van der Waals surface area contributed by atoms with E-state index in [2.05, 4.69) is 41.7 Å². The monoisotopic (exact) mass is 796 g/mol. The molecular weight excluding hydrogens is 759 g/mol. The molecule has 0 saturated carbocycles. The molecule has 0 bridgehead atoms. The van der Waals surface area contributed by atoms with Crippen molar-refractivity contribution < 1.29 is 38.2 Å². The molecule has 6 amide bonds. The number of pyridine rings is 1. The van der Waals surface area contributed by atoms with E-state index in [9.17, 15) is 24.0 Å². The molecule has 1 fully saturated rings. The number of carbonyl (C=O) groups is 5. The van der Waals surface area contributed by atoms with Crippen molar-refractivity contribution in [2.75, 3.05) is 56.0 Å². The van der Waals surface area contributed by atoms with Gasteiger partial charge in [0.05, 0.1) is 48.5 Å². The summed E-state index contributed by atoms with van der Waals surface area (Å²) in [6, 6.07) is 7.06. The van der Waals surface area contributed by atoms with Crippen LogP contribution in [0.3, 0.4) is 0 Å². The van der Waals surface area contributed by atoms with Crippen LogP contribution in [0.25, 0.3) is 5.65 Å². The highest BCUT2D eigenvalue weighted by atomic mass is 35.5. The van der Waals surface area contributed by atoms with Gasteiger partial charge in [-0.3, -0.25) is 24.5 Å². The third kappa shape index (κ3) is 9.40. The van der Waals surface area contributed by atoms with E-state index in [-0.39, 0.29) is 85.0 Å². The standard InChI is InChI=1S/C35H38Cl2N10O8/c1-19(53-2)31-25(17-40-28-15-27(37)45-47(28)31)43-35(52)42-24-14-20(36)16-41-33(24)55-13-10-39-29(48)8-11-54-12-9-38-23-5-3-4-21-22(23)18-46(34(21)51)26-6-7-30(49)44-32(26)50/h3-5,14-17,19,26,38H,6-13,18H2,1-2H3,(H,39,48)(H2,42,43,52)(H,44,49,50). The van der Waals surface area contributed by atoms with E-state index in [4.69, 9.17) is 37.4 Å². The van der Waals surface area contributed by atoms with Gasteiger partial charge in [0.2, 0.25) is 23.6 Å². The Morgan fingerprint density at radius 2 is 1.84 bits per heavy atom. The molecule has 4 aromatic rings. The van der Waals surface area contributed by atoms with Crippen LogP contribution < -0.4 is 31.3 Å². The first-order valence-electron chi connectivity index (χ1n) is 17.3. The third-order valence-electron chi connectivity index (χ3n) is 8.82. The highest BCUT2D eigenvalue weighted by Crippen LogP contribution is 2.32. The average Bonchev–Trinajstić information content (AvgIpc) is 3.70. The normalized spacial score (nSPS) is 15.7. The zero-order valence-electron chi connectivity index (χ0n) is 29.8. The van der Waals surface area contributed by atoms with Gasteiger partial charge in [0.25, 0.3) is 5.91 Å². The summed E-state index contributed by atoms with van der Waals surface area (Å²) in [7, 11) is 1.52. The number of urea groups is 1. The molecule has 5 heterocycles. The second-order valence-electron chi connectivity index (χ2n) is 12.5. The van der Waals surface area contributed by atoms with Gasteiger partial charge < -0.3 is 40.4 Å². The molecule has 2 atom stereocenters. The van der Waals surface area contributed by atoms with Crippen LogP contribution in [0.15, 0.2) is 42.7 Å². The Bertz CT molecular complexity index is 2110. The number of benzene rings is 1. The minimum atomic E-state index is -0.691. The predicted molar refractivity (Wildman–Crippen MR) is 200 cm³/mol. The molecular formula is C35H38Cl2N10O8. The van der Waals surface area contributed by atoms with Gasteiger partial charge >= 0.3 is 6.03 Å². The van der Waals surface area contributed by atoms with Crippen LogP contribution in [0.1, 0.15) is 53.9 Å². The van der Waals surface area contributed by atoms with Crippen molar-refractivity contribution in [3.63, 3.8) is 0 Å². The molecule has 0 spiro atoms. The van der Waals surface area contributed by atoms with E-state index in [1.165, 1.54) is 35.0 Å².